The molecule has 2 atom stereocenters. The SMILES string of the molecule is CCCC[C@H]1CCC[C@@H]1NCc1ncc[nH]1. The van der Waals surface area contributed by atoms with Gasteiger partial charge in [-0.05, 0) is 25.2 Å². The summed E-state index contributed by atoms with van der Waals surface area (Å²) in [5.74, 6) is 1.95. The molecule has 1 aromatic heterocycles. The quantitative estimate of drug-likeness (QED) is 0.775. The predicted molar refractivity (Wildman–Crippen MR) is 66.1 cm³/mol. The van der Waals surface area contributed by atoms with Crippen LogP contribution in [0.1, 0.15) is 51.3 Å². The molecule has 3 heteroatoms. The molecule has 1 aromatic rings. The van der Waals surface area contributed by atoms with E-state index in [2.05, 4.69) is 22.2 Å². The molecule has 1 aliphatic carbocycles. The van der Waals surface area contributed by atoms with Gasteiger partial charge < -0.3 is 10.3 Å². The summed E-state index contributed by atoms with van der Waals surface area (Å²) in [6.45, 7) is 3.17. The molecule has 0 aromatic carbocycles. The molecule has 0 amide bonds. The number of hydrogen-bond donors (Lipinski definition) is 2. The lowest BCUT2D eigenvalue weighted by Gasteiger charge is -2.20. The van der Waals surface area contributed by atoms with Gasteiger partial charge in [0.1, 0.15) is 5.82 Å². The van der Waals surface area contributed by atoms with Gasteiger partial charge in [-0.1, -0.05) is 26.2 Å². The summed E-state index contributed by atoms with van der Waals surface area (Å²) in [5.41, 5.74) is 0. The minimum absolute atomic E-state index is 0.719. The van der Waals surface area contributed by atoms with E-state index in [0.717, 1.165) is 24.3 Å². The second-order valence-corrected chi connectivity index (χ2v) is 4.86. The van der Waals surface area contributed by atoms with Gasteiger partial charge in [-0.25, -0.2) is 4.98 Å². The van der Waals surface area contributed by atoms with E-state index in [1.54, 1.807) is 0 Å². The van der Waals surface area contributed by atoms with Crippen molar-refractivity contribution in [1.82, 2.24) is 15.3 Å². The Morgan fingerprint density at radius 3 is 3.19 bits per heavy atom. The fourth-order valence-corrected chi connectivity index (χ4v) is 2.74. The molecule has 1 heterocycles. The highest BCUT2D eigenvalue weighted by atomic mass is 15.0. The van der Waals surface area contributed by atoms with Gasteiger partial charge in [-0.2, -0.15) is 0 Å². The Balaban J connectivity index is 1.75. The minimum atomic E-state index is 0.719. The normalized spacial score (nSPS) is 25.1. The standard InChI is InChI=1S/C13H23N3/c1-2-3-5-11-6-4-7-12(11)16-10-13-14-8-9-15-13/h8-9,11-12,16H,2-7,10H2,1H3,(H,14,15)/t11-,12-/m0/s1. The van der Waals surface area contributed by atoms with Crippen LogP contribution in [-0.4, -0.2) is 16.0 Å². The fraction of sp³-hybridized carbons (Fsp3) is 0.769. The van der Waals surface area contributed by atoms with Crippen molar-refractivity contribution in [2.75, 3.05) is 0 Å². The van der Waals surface area contributed by atoms with Crippen LogP contribution in [0.25, 0.3) is 0 Å². The number of aromatic nitrogens is 2. The molecule has 0 spiro atoms. The van der Waals surface area contributed by atoms with Crippen LogP contribution in [0.3, 0.4) is 0 Å². The molecule has 2 rings (SSSR count). The van der Waals surface area contributed by atoms with Gasteiger partial charge in [-0.3, -0.25) is 0 Å². The number of hydrogen-bond acceptors (Lipinski definition) is 2. The van der Waals surface area contributed by atoms with E-state index in [9.17, 15) is 0 Å². The Hall–Kier alpha value is -0.830. The average molecular weight is 221 g/mol. The van der Waals surface area contributed by atoms with Gasteiger partial charge >= 0.3 is 0 Å². The van der Waals surface area contributed by atoms with Crippen LogP contribution in [0.2, 0.25) is 0 Å². The molecule has 1 fully saturated rings. The Labute approximate surface area is 98.1 Å². The largest absolute Gasteiger partial charge is 0.348 e. The molecule has 0 bridgehead atoms. The second kappa shape index (κ2) is 6.04. The van der Waals surface area contributed by atoms with E-state index in [0.29, 0.717) is 0 Å². The lowest BCUT2D eigenvalue weighted by Crippen LogP contribution is -2.32. The molecular formula is C13H23N3. The van der Waals surface area contributed by atoms with Crippen molar-refractivity contribution >= 4 is 0 Å². The van der Waals surface area contributed by atoms with Crippen LogP contribution in [0, 0.1) is 5.92 Å². The molecule has 1 aliphatic rings. The number of H-pyrrole nitrogens is 1. The summed E-state index contributed by atoms with van der Waals surface area (Å²) in [7, 11) is 0. The highest BCUT2D eigenvalue weighted by molar-refractivity contribution is 4.89. The summed E-state index contributed by atoms with van der Waals surface area (Å²) < 4.78 is 0. The first-order valence-electron chi connectivity index (χ1n) is 6.61. The number of rotatable bonds is 6. The zero-order chi connectivity index (χ0) is 11.2. The van der Waals surface area contributed by atoms with Gasteiger partial charge in [0.15, 0.2) is 0 Å². The van der Waals surface area contributed by atoms with Crippen LogP contribution >= 0.6 is 0 Å². The maximum absolute atomic E-state index is 4.25. The molecular weight excluding hydrogens is 198 g/mol. The first-order valence-corrected chi connectivity index (χ1v) is 6.61. The molecule has 90 valence electrons. The number of nitrogens with one attached hydrogen (secondary N) is 2. The average Bonchev–Trinajstić information content (AvgIpc) is 2.94. The molecule has 1 saturated carbocycles. The van der Waals surface area contributed by atoms with E-state index < -0.39 is 0 Å². The first-order chi connectivity index (χ1) is 7.90. The van der Waals surface area contributed by atoms with Crippen LogP contribution < -0.4 is 5.32 Å². The third kappa shape index (κ3) is 3.08. The van der Waals surface area contributed by atoms with E-state index in [1.165, 1.54) is 38.5 Å². The highest BCUT2D eigenvalue weighted by Crippen LogP contribution is 2.29. The number of imidazole rings is 1. The minimum Gasteiger partial charge on any atom is -0.348 e. The van der Waals surface area contributed by atoms with E-state index in [-0.39, 0.29) is 0 Å². The van der Waals surface area contributed by atoms with E-state index in [1.807, 2.05) is 12.4 Å². The third-order valence-corrected chi connectivity index (χ3v) is 3.67. The smallest absolute Gasteiger partial charge is 0.120 e. The lowest BCUT2D eigenvalue weighted by molar-refractivity contribution is 0.366. The van der Waals surface area contributed by atoms with Crippen LogP contribution in [0.5, 0.6) is 0 Å². The lowest BCUT2D eigenvalue weighted by atomic mass is 9.97. The predicted octanol–water partition coefficient (Wildman–Crippen LogP) is 2.86. The van der Waals surface area contributed by atoms with Crippen LogP contribution in [0.15, 0.2) is 12.4 Å². The Morgan fingerprint density at radius 1 is 1.50 bits per heavy atom. The van der Waals surface area contributed by atoms with Gasteiger partial charge in [0.2, 0.25) is 0 Å². The Kier molecular flexibility index (Phi) is 4.40. The summed E-state index contributed by atoms with van der Waals surface area (Å²) in [4.78, 5) is 7.39. The van der Waals surface area contributed by atoms with Gasteiger partial charge in [0, 0.05) is 18.4 Å². The molecule has 2 N–H and O–H groups in total. The van der Waals surface area contributed by atoms with Crippen molar-refractivity contribution < 1.29 is 0 Å². The van der Waals surface area contributed by atoms with Crippen molar-refractivity contribution in [3.05, 3.63) is 18.2 Å². The molecule has 16 heavy (non-hydrogen) atoms. The van der Waals surface area contributed by atoms with E-state index >= 15 is 0 Å². The van der Waals surface area contributed by atoms with Crippen molar-refractivity contribution in [2.45, 2.75) is 58.0 Å². The van der Waals surface area contributed by atoms with Gasteiger partial charge in [0.05, 0.1) is 6.54 Å². The van der Waals surface area contributed by atoms with Gasteiger partial charge in [0.25, 0.3) is 0 Å². The molecule has 3 nitrogen and oxygen atoms in total. The number of nitrogens with zero attached hydrogens (tertiary/aromatic N) is 1. The fourth-order valence-electron chi connectivity index (χ4n) is 2.74. The molecule has 0 radical (unpaired) electrons. The summed E-state index contributed by atoms with van der Waals surface area (Å²) >= 11 is 0. The third-order valence-electron chi connectivity index (χ3n) is 3.67. The topological polar surface area (TPSA) is 40.7 Å². The molecule has 0 saturated heterocycles. The van der Waals surface area contributed by atoms with Crippen molar-refractivity contribution in [1.29, 1.82) is 0 Å². The highest BCUT2D eigenvalue weighted by Gasteiger charge is 2.25. The molecule has 0 aliphatic heterocycles. The zero-order valence-corrected chi connectivity index (χ0v) is 10.2. The maximum Gasteiger partial charge on any atom is 0.120 e. The summed E-state index contributed by atoms with van der Waals surface area (Å²) in [6.07, 6.45) is 12.0. The van der Waals surface area contributed by atoms with Crippen LogP contribution in [0.4, 0.5) is 0 Å². The first kappa shape index (κ1) is 11.6. The number of unbranched alkanes of at least 4 members (excludes halogenated alkanes) is 1. The van der Waals surface area contributed by atoms with E-state index in [4.69, 9.17) is 0 Å². The van der Waals surface area contributed by atoms with Gasteiger partial charge in [-0.15, -0.1) is 0 Å². The maximum atomic E-state index is 4.25. The van der Waals surface area contributed by atoms with Crippen LogP contribution in [-0.2, 0) is 6.54 Å². The summed E-state index contributed by atoms with van der Waals surface area (Å²) in [6, 6.07) is 0.719. The molecule has 0 unspecified atom stereocenters. The zero-order valence-electron chi connectivity index (χ0n) is 10.2. The van der Waals surface area contributed by atoms with Crippen molar-refractivity contribution in [3.63, 3.8) is 0 Å². The Morgan fingerprint density at radius 2 is 2.44 bits per heavy atom. The van der Waals surface area contributed by atoms with Crippen molar-refractivity contribution in [2.24, 2.45) is 5.92 Å². The number of aromatic amines is 1. The van der Waals surface area contributed by atoms with Crippen molar-refractivity contribution in [3.8, 4) is 0 Å². The monoisotopic (exact) mass is 221 g/mol. The Bertz CT molecular complexity index is 281. The second-order valence-electron chi connectivity index (χ2n) is 4.86. The summed E-state index contributed by atoms with van der Waals surface area (Å²) in [5, 5.41) is 3.65.